The first-order valence-corrected chi connectivity index (χ1v) is 9.37. The number of nitrogens with zero attached hydrogens (tertiary/aromatic N) is 3. The van der Waals surface area contributed by atoms with Crippen molar-refractivity contribution >= 4 is 17.2 Å². The van der Waals surface area contributed by atoms with Gasteiger partial charge in [0.25, 0.3) is 0 Å². The monoisotopic (exact) mass is 350 g/mol. The van der Waals surface area contributed by atoms with Crippen LogP contribution in [0.25, 0.3) is 5.57 Å². The van der Waals surface area contributed by atoms with Crippen molar-refractivity contribution in [1.82, 2.24) is 14.7 Å². The Hall–Kier alpha value is -2.40. The Balaban J connectivity index is 1.51. The number of benzene rings is 1. The van der Waals surface area contributed by atoms with Gasteiger partial charge in [0.15, 0.2) is 0 Å². The molecule has 1 amide bonds. The molecule has 2 aliphatic rings. The lowest BCUT2D eigenvalue weighted by Crippen LogP contribution is -2.49. The van der Waals surface area contributed by atoms with Crippen molar-refractivity contribution < 1.29 is 4.79 Å². The molecule has 0 saturated carbocycles. The van der Waals surface area contributed by atoms with Crippen LogP contribution in [0.2, 0.25) is 0 Å². The zero-order valence-electron chi connectivity index (χ0n) is 15.6. The summed E-state index contributed by atoms with van der Waals surface area (Å²) in [5, 5.41) is 7.38. The Morgan fingerprint density at radius 1 is 1.31 bits per heavy atom. The standard InChI is InChI=1S/C21H26N4O/c1-14-5-4-6-17(11-14)23-21(26)15(2)25-18-7-8-19(25)13-16(12-18)20-9-10-22-24(20)3/h4-6,9-12,15,18-19H,7-8,13H2,1-3H3,(H,23,26). The second-order valence-corrected chi connectivity index (χ2v) is 7.52. The molecule has 1 aromatic carbocycles. The third-order valence-electron chi connectivity index (χ3n) is 5.71. The second kappa shape index (κ2) is 6.72. The molecule has 3 unspecified atom stereocenters. The van der Waals surface area contributed by atoms with E-state index < -0.39 is 0 Å². The summed E-state index contributed by atoms with van der Waals surface area (Å²) in [4.78, 5) is 15.2. The topological polar surface area (TPSA) is 50.2 Å². The van der Waals surface area contributed by atoms with Gasteiger partial charge in [-0.15, -0.1) is 0 Å². The number of hydrogen-bond acceptors (Lipinski definition) is 3. The van der Waals surface area contributed by atoms with Crippen LogP contribution in [0.5, 0.6) is 0 Å². The summed E-state index contributed by atoms with van der Waals surface area (Å²) in [6.45, 7) is 4.06. The van der Waals surface area contributed by atoms with E-state index in [1.807, 2.05) is 56.0 Å². The smallest absolute Gasteiger partial charge is 0.241 e. The molecule has 1 saturated heterocycles. The van der Waals surface area contributed by atoms with Crippen molar-refractivity contribution in [2.45, 2.75) is 51.2 Å². The summed E-state index contributed by atoms with van der Waals surface area (Å²) in [7, 11) is 1.99. The van der Waals surface area contributed by atoms with Gasteiger partial charge in [0, 0.05) is 31.0 Å². The summed E-state index contributed by atoms with van der Waals surface area (Å²) in [6.07, 6.45) is 7.44. The molecule has 3 atom stereocenters. The number of aromatic nitrogens is 2. The number of anilines is 1. The highest BCUT2D eigenvalue weighted by Gasteiger charge is 2.41. The first-order chi connectivity index (χ1) is 12.5. The Morgan fingerprint density at radius 2 is 2.15 bits per heavy atom. The lowest BCUT2D eigenvalue weighted by atomic mass is 9.97. The summed E-state index contributed by atoms with van der Waals surface area (Å²) < 4.78 is 1.94. The van der Waals surface area contributed by atoms with Gasteiger partial charge in [0.2, 0.25) is 5.91 Å². The maximum Gasteiger partial charge on any atom is 0.241 e. The Bertz CT molecular complexity index is 853. The first-order valence-electron chi connectivity index (χ1n) is 9.37. The molecule has 0 radical (unpaired) electrons. The van der Waals surface area contributed by atoms with E-state index in [0.717, 1.165) is 30.5 Å². The third-order valence-corrected chi connectivity index (χ3v) is 5.71. The van der Waals surface area contributed by atoms with E-state index in [1.54, 1.807) is 0 Å². The van der Waals surface area contributed by atoms with Crippen LogP contribution in [0, 0.1) is 6.92 Å². The minimum Gasteiger partial charge on any atom is -0.325 e. The first kappa shape index (κ1) is 17.0. The summed E-state index contributed by atoms with van der Waals surface area (Å²) in [6, 6.07) is 10.7. The van der Waals surface area contributed by atoms with Gasteiger partial charge in [0.05, 0.1) is 11.7 Å². The van der Waals surface area contributed by atoms with Gasteiger partial charge < -0.3 is 5.32 Å². The minimum atomic E-state index is -0.141. The molecule has 2 aliphatic heterocycles. The summed E-state index contributed by atoms with van der Waals surface area (Å²) in [5.74, 6) is 0.0740. The number of aryl methyl sites for hydroxylation is 2. The maximum absolute atomic E-state index is 12.8. The zero-order chi connectivity index (χ0) is 18.3. The molecule has 2 aromatic rings. The molecule has 26 heavy (non-hydrogen) atoms. The van der Waals surface area contributed by atoms with E-state index in [-0.39, 0.29) is 11.9 Å². The Morgan fingerprint density at radius 3 is 2.85 bits per heavy atom. The molecule has 1 N–H and O–H groups in total. The molecule has 1 aromatic heterocycles. The Labute approximate surface area is 154 Å². The molecular weight excluding hydrogens is 324 g/mol. The normalized spacial score (nSPS) is 23.6. The van der Waals surface area contributed by atoms with Gasteiger partial charge in [0.1, 0.15) is 0 Å². The van der Waals surface area contributed by atoms with Crippen molar-refractivity contribution in [2.75, 3.05) is 5.32 Å². The predicted octanol–water partition coefficient (Wildman–Crippen LogP) is 3.38. The average Bonchev–Trinajstić information content (AvgIpc) is 3.15. The van der Waals surface area contributed by atoms with Gasteiger partial charge in [-0.05, 0) is 62.4 Å². The number of carbonyl (C=O) groups is 1. The van der Waals surface area contributed by atoms with Crippen LogP contribution in [-0.2, 0) is 11.8 Å². The lowest BCUT2D eigenvalue weighted by molar-refractivity contribution is -0.121. The summed E-state index contributed by atoms with van der Waals surface area (Å²) in [5.41, 5.74) is 4.58. The van der Waals surface area contributed by atoms with Gasteiger partial charge in [-0.3, -0.25) is 14.4 Å². The fraction of sp³-hybridized carbons (Fsp3) is 0.429. The highest BCUT2D eigenvalue weighted by Crippen LogP contribution is 2.39. The van der Waals surface area contributed by atoms with E-state index in [1.165, 1.54) is 11.3 Å². The van der Waals surface area contributed by atoms with Crippen molar-refractivity contribution in [1.29, 1.82) is 0 Å². The van der Waals surface area contributed by atoms with Crippen molar-refractivity contribution in [2.24, 2.45) is 7.05 Å². The lowest BCUT2D eigenvalue weighted by Gasteiger charge is -2.37. The molecule has 1 fully saturated rings. The highest BCUT2D eigenvalue weighted by molar-refractivity contribution is 5.94. The molecule has 5 nitrogen and oxygen atoms in total. The number of amides is 1. The second-order valence-electron chi connectivity index (χ2n) is 7.52. The fourth-order valence-electron chi connectivity index (χ4n) is 4.45. The predicted molar refractivity (Wildman–Crippen MR) is 104 cm³/mol. The number of fused-ring (bicyclic) bond motifs is 2. The van der Waals surface area contributed by atoms with Gasteiger partial charge >= 0.3 is 0 Å². The van der Waals surface area contributed by atoms with Crippen LogP contribution < -0.4 is 5.32 Å². The number of carbonyl (C=O) groups excluding carboxylic acids is 1. The van der Waals surface area contributed by atoms with Crippen molar-refractivity contribution in [3.63, 3.8) is 0 Å². The van der Waals surface area contributed by atoms with E-state index in [2.05, 4.69) is 27.5 Å². The quantitative estimate of drug-likeness (QED) is 0.920. The van der Waals surface area contributed by atoms with Gasteiger partial charge in [-0.2, -0.15) is 5.10 Å². The van der Waals surface area contributed by atoms with Gasteiger partial charge in [-0.25, -0.2) is 0 Å². The SMILES string of the molecule is Cc1cccc(NC(=O)C(C)N2C3C=C(c4ccnn4C)CC2CC3)c1. The third kappa shape index (κ3) is 3.07. The van der Waals surface area contributed by atoms with E-state index in [0.29, 0.717) is 12.1 Å². The molecule has 0 spiro atoms. The molecule has 3 heterocycles. The van der Waals surface area contributed by atoms with Crippen LogP contribution in [-0.4, -0.2) is 38.7 Å². The molecule has 5 heteroatoms. The van der Waals surface area contributed by atoms with Crippen molar-refractivity contribution in [3.05, 3.63) is 53.9 Å². The molecule has 136 valence electrons. The van der Waals surface area contributed by atoms with Crippen LogP contribution in [0.3, 0.4) is 0 Å². The van der Waals surface area contributed by atoms with E-state index in [9.17, 15) is 4.79 Å². The fourth-order valence-corrected chi connectivity index (χ4v) is 4.45. The molecule has 4 rings (SSSR count). The molecular formula is C21H26N4O. The maximum atomic E-state index is 12.8. The Kier molecular flexibility index (Phi) is 4.41. The summed E-state index contributed by atoms with van der Waals surface area (Å²) >= 11 is 0. The zero-order valence-corrected chi connectivity index (χ0v) is 15.6. The molecule has 2 bridgehead atoms. The minimum absolute atomic E-state index is 0.0740. The number of hydrogen-bond donors (Lipinski definition) is 1. The van der Waals surface area contributed by atoms with Gasteiger partial charge in [-0.1, -0.05) is 18.2 Å². The van der Waals surface area contributed by atoms with E-state index in [4.69, 9.17) is 0 Å². The highest BCUT2D eigenvalue weighted by atomic mass is 16.2. The van der Waals surface area contributed by atoms with Crippen LogP contribution in [0.1, 0.15) is 37.4 Å². The van der Waals surface area contributed by atoms with Crippen LogP contribution >= 0.6 is 0 Å². The number of nitrogens with one attached hydrogen (secondary N) is 1. The van der Waals surface area contributed by atoms with Crippen molar-refractivity contribution in [3.8, 4) is 0 Å². The average molecular weight is 350 g/mol. The molecule has 0 aliphatic carbocycles. The number of rotatable bonds is 4. The van der Waals surface area contributed by atoms with Crippen LogP contribution in [0.4, 0.5) is 5.69 Å². The van der Waals surface area contributed by atoms with Crippen LogP contribution in [0.15, 0.2) is 42.6 Å². The van der Waals surface area contributed by atoms with E-state index >= 15 is 0 Å². The largest absolute Gasteiger partial charge is 0.325 e.